The fourth-order valence-electron chi connectivity index (χ4n) is 0.650. The predicted molar refractivity (Wildman–Crippen MR) is 64.8 cm³/mol. The van der Waals surface area contributed by atoms with Crippen LogP contribution in [0.1, 0.15) is 25.7 Å². The number of halogens is 2. The van der Waals surface area contributed by atoms with Crippen molar-refractivity contribution in [3.05, 3.63) is 20.3 Å². The van der Waals surface area contributed by atoms with Crippen LogP contribution < -0.4 is 0 Å². The van der Waals surface area contributed by atoms with Gasteiger partial charge < -0.3 is 0 Å². The van der Waals surface area contributed by atoms with Gasteiger partial charge in [0.25, 0.3) is 0 Å². The molecule has 0 saturated heterocycles. The normalized spacial score (nSPS) is 11.8. The SMILES string of the molecule is I/C=C/CCCC/C=C/I. The van der Waals surface area contributed by atoms with Crippen molar-refractivity contribution in [2.75, 3.05) is 0 Å². The molecule has 0 spiro atoms. The van der Waals surface area contributed by atoms with Gasteiger partial charge in [-0.3, -0.25) is 0 Å². The quantitative estimate of drug-likeness (QED) is 0.501. The average molecular weight is 362 g/mol. The second-order valence-corrected chi connectivity index (χ2v) is 3.45. The summed E-state index contributed by atoms with van der Waals surface area (Å²) in [7, 11) is 0. The Balaban J connectivity index is 2.90. The van der Waals surface area contributed by atoms with Crippen LogP contribution in [0.25, 0.3) is 0 Å². The van der Waals surface area contributed by atoms with Crippen LogP contribution in [-0.2, 0) is 0 Å². The molecule has 0 N–H and O–H groups in total. The summed E-state index contributed by atoms with van der Waals surface area (Å²) in [6.07, 6.45) is 9.54. The highest BCUT2D eigenvalue weighted by atomic mass is 127. The molecule has 0 aliphatic heterocycles. The average Bonchev–Trinajstić information content (AvgIpc) is 1.97. The van der Waals surface area contributed by atoms with Gasteiger partial charge in [-0.15, -0.1) is 0 Å². The van der Waals surface area contributed by atoms with E-state index in [0.29, 0.717) is 0 Å². The summed E-state index contributed by atoms with van der Waals surface area (Å²) in [6.45, 7) is 0. The van der Waals surface area contributed by atoms with Crippen LogP contribution in [0.15, 0.2) is 20.3 Å². The Kier molecular flexibility index (Phi) is 10.9. The van der Waals surface area contributed by atoms with Gasteiger partial charge in [-0.1, -0.05) is 57.3 Å². The molecule has 0 aromatic carbocycles. The Bertz CT molecular complexity index is 91.8. The van der Waals surface area contributed by atoms with Gasteiger partial charge in [0.1, 0.15) is 0 Å². The Morgan fingerprint density at radius 2 is 1.20 bits per heavy atom. The van der Waals surface area contributed by atoms with E-state index in [1.165, 1.54) is 25.7 Å². The van der Waals surface area contributed by atoms with Gasteiger partial charge in [-0.05, 0) is 33.8 Å². The van der Waals surface area contributed by atoms with Crippen molar-refractivity contribution in [3.63, 3.8) is 0 Å². The summed E-state index contributed by atoms with van der Waals surface area (Å²) in [5.41, 5.74) is 0. The molecule has 0 saturated carbocycles. The Morgan fingerprint density at radius 1 is 0.800 bits per heavy atom. The number of allylic oxidation sites excluding steroid dienone is 2. The molecular formula is C8H12I2. The zero-order valence-electron chi connectivity index (χ0n) is 5.89. The van der Waals surface area contributed by atoms with E-state index < -0.39 is 0 Å². The van der Waals surface area contributed by atoms with Crippen LogP contribution in [0.3, 0.4) is 0 Å². The number of hydrogen-bond donors (Lipinski definition) is 0. The molecule has 0 rings (SSSR count). The van der Waals surface area contributed by atoms with Gasteiger partial charge >= 0.3 is 0 Å². The van der Waals surface area contributed by atoms with Gasteiger partial charge in [0.2, 0.25) is 0 Å². The van der Waals surface area contributed by atoms with Crippen LogP contribution >= 0.6 is 45.2 Å². The standard InChI is InChI=1S/C8H12I2/c9-7-5-3-1-2-4-6-8-10/h5-8H,1-4H2/b7-5+,8-6+. The van der Waals surface area contributed by atoms with Crippen LogP contribution in [0.4, 0.5) is 0 Å². The van der Waals surface area contributed by atoms with E-state index in [4.69, 9.17) is 0 Å². The maximum absolute atomic E-state index is 2.26. The summed E-state index contributed by atoms with van der Waals surface area (Å²) in [5.74, 6) is 0. The fraction of sp³-hybridized carbons (Fsp3) is 0.500. The molecule has 2 heteroatoms. The zero-order valence-corrected chi connectivity index (χ0v) is 10.2. The minimum atomic E-state index is 1.23. The van der Waals surface area contributed by atoms with Gasteiger partial charge in [0, 0.05) is 0 Å². The van der Waals surface area contributed by atoms with Gasteiger partial charge in [-0.25, -0.2) is 0 Å². The molecule has 0 heterocycles. The lowest BCUT2D eigenvalue weighted by molar-refractivity contribution is 0.763. The molecule has 0 aromatic heterocycles. The minimum absolute atomic E-state index is 1.23. The van der Waals surface area contributed by atoms with Crippen molar-refractivity contribution in [2.45, 2.75) is 25.7 Å². The van der Waals surface area contributed by atoms with Crippen LogP contribution in [0.5, 0.6) is 0 Å². The Labute approximate surface area is 90.4 Å². The number of unbranched alkanes of at least 4 members (excludes halogenated alkanes) is 3. The van der Waals surface area contributed by atoms with Crippen molar-refractivity contribution in [1.29, 1.82) is 0 Å². The molecule has 0 fully saturated rings. The van der Waals surface area contributed by atoms with Gasteiger partial charge in [-0.2, -0.15) is 0 Å². The highest BCUT2D eigenvalue weighted by Gasteiger charge is 1.81. The summed E-state index contributed by atoms with van der Waals surface area (Å²) >= 11 is 4.52. The maximum Gasteiger partial charge on any atom is -0.0274 e. The highest BCUT2D eigenvalue weighted by Crippen LogP contribution is 2.03. The lowest BCUT2D eigenvalue weighted by atomic mass is 10.2. The molecule has 0 atom stereocenters. The predicted octanol–water partition coefficient (Wildman–Crippen LogP) is 4.44. The second kappa shape index (κ2) is 9.94. The molecule has 0 amide bonds. The van der Waals surface area contributed by atoms with E-state index in [-0.39, 0.29) is 0 Å². The Hall–Kier alpha value is 0.940. The van der Waals surface area contributed by atoms with Crippen LogP contribution in [0.2, 0.25) is 0 Å². The monoisotopic (exact) mass is 362 g/mol. The third-order valence-corrected chi connectivity index (χ3v) is 2.19. The van der Waals surface area contributed by atoms with Crippen LogP contribution in [-0.4, -0.2) is 0 Å². The molecule has 0 bridgehead atoms. The molecule has 0 aliphatic rings. The first kappa shape index (κ1) is 10.9. The van der Waals surface area contributed by atoms with Gasteiger partial charge in [0.05, 0.1) is 0 Å². The third-order valence-electron chi connectivity index (χ3n) is 1.17. The van der Waals surface area contributed by atoms with Crippen molar-refractivity contribution in [2.24, 2.45) is 0 Å². The number of hydrogen-bond acceptors (Lipinski definition) is 0. The topological polar surface area (TPSA) is 0 Å². The van der Waals surface area contributed by atoms with Gasteiger partial charge in [0.15, 0.2) is 0 Å². The molecule has 0 aliphatic carbocycles. The maximum atomic E-state index is 2.26. The molecule has 58 valence electrons. The first-order valence-electron chi connectivity index (χ1n) is 3.42. The van der Waals surface area contributed by atoms with Crippen molar-refractivity contribution in [1.82, 2.24) is 0 Å². The molecule has 0 radical (unpaired) electrons. The summed E-state index contributed by atoms with van der Waals surface area (Å²) < 4.78 is 4.18. The molecule has 0 nitrogen and oxygen atoms in total. The molecule has 10 heavy (non-hydrogen) atoms. The highest BCUT2D eigenvalue weighted by molar-refractivity contribution is 14.1. The molecular weight excluding hydrogens is 350 g/mol. The van der Waals surface area contributed by atoms with E-state index in [2.05, 4.69) is 65.5 Å². The van der Waals surface area contributed by atoms with E-state index in [0.717, 1.165) is 0 Å². The van der Waals surface area contributed by atoms with E-state index in [9.17, 15) is 0 Å². The molecule has 0 unspecified atom stereocenters. The molecule has 0 aromatic rings. The van der Waals surface area contributed by atoms with Crippen molar-refractivity contribution in [3.8, 4) is 0 Å². The summed E-state index contributed by atoms with van der Waals surface area (Å²) in [6, 6.07) is 0. The first-order chi connectivity index (χ1) is 4.91. The first-order valence-corrected chi connectivity index (χ1v) is 5.91. The Morgan fingerprint density at radius 3 is 1.50 bits per heavy atom. The van der Waals surface area contributed by atoms with E-state index in [1.807, 2.05) is 0 Å². The summed E-state index contributed by atoms with van der Waals surface area (Å²) in [4.78, 5) is 0. The van der Waals surface area contributed by atoms with E-state index >= 15 is 0 Å². The van der Waals surface area contributed by atoms with Crippen molar-refractivity contribution < 1.29 is 0 Å². The van der Waals surface area contributed by atoms with Crippen molar-refractivity contribution >= 4 is 45.2 Å². The lowest BCUT2D eigenvalue weighted by Gasteiger charge is -1.90. The number of rotatable bonds is 5. The summed E-state index contributed by atoms with van der Waals surface area (Å²) in [5, 5.41) is 0. The smallest absolute Gasteiger partial charge is 0.0274 e. The minimum Gasteiger partial charge on any atom is -0.0785 e. The lowest BCUT2D eigenvalue weighted by Crippen LogP contribution is -1.70. The largest absolute Gasteiger partial charge is 0.0785 e. The van der Waals surface area contributed by atoms with E-state index in [1.54, 1.807) is 0 Å². The third kappa shape index (κ3) is 8.94. The second-order valence-electron chi connectivity index (χ2n) is 2.01. The zero-order chi connectivity index (χ0) is 7.66. The fourth-order valence-corrected chi connectivity index (χ4v) is 1.37. The van der Waals surface area contributed by atoms with Crippen LogP contribution in [0, 0.1) is 0 Å².